The van der Waals surface area contributed by atoms with E-state index in [1.165, 1.54) is 24.4 Å². The third-order valence-electron chi connectivity index (χ3n) is 5.78. The van der Waals surface area contributed by atoms with Gasteiger partial charge in [0.1, 0.15) is 18.2 Å². The number of likely N-dealkylation sites (tertiary alicyclic amines) is 1. The number of ether oxygens (including phenoxy) is 1. The van der Waals surface area contributed by atoms with Gasteiger partial charge < -0.3 is 4.74 Å². The van der Waals surface area contributed by atoms with Gasteiger partial charge in [-0.25, -0.2) is 4.39 Å². The summed E-state index contributed by atoms with van der Waals surface area (Å²) in [5, 5.41) is 0. The zero-order chi connectivity index (χ0) is 22.8. The van der Waals surface area contributed by atoms with Gasteiger partial charge in [0.05, 0.1) is 11.8 Å². The van der Waals surface area contributed by atoms with Gasteiger partial charge in [0.2, 0.25) is 0 Å². The summed E-state index contributed by atoms with van der Waals surface area (Å²) < 4.78 is 61.2. The van der Waals surface area contributed by atoms with Crippen molar-refractivity contribution in [1.29, 1.82) is 0 Å². The largest absolute Gasteiger partial charge is 0.489 e. The summed E-state index contributed by atoms with van der Waals surface area (Å²) in [4.78, 5) is 6.01. The first-order valence-corrected chi connectivity index (χ1v) is 10.7. The Balaban J connectivity index is 2.01. The van der Waals surface area contributed by atoms with Crippen molar-refractivity contribution in [3.8, 4) is 5.75 Å². The first-order valence-electron chi connectivity index (χ1n) is 10.7. The molecule has 0 aliphatic carbocycles. The van der Waals surface area contributed by atoms with Crippen molar-refractivity contribution >= 4 is 0 Å². The Hall–Kier alpha value is -2.15. The van der Waals surface area contributed by atoms with Crippen LogP contribution in [0, 0.1) is 5.82 Å². The third kappa shape index (κ3) is 5.97. The molecule has 0 N–H and O–H groups in total. The number of nitrogens with zero attached hydrogens (tertiary/aromatic N) is 2. The van der Waals surface area contributed by atoms with Gasteiger partial charge in [0.25, 0.3) is 0 Å². The number of benzene rings is 1. The molecule has 1 aliphatic rings. The normalized spacial score (nSPS) is 18.3. The summed E-state index contributed by atoms with van der Waals surface area (Å²) in [6.07, 6.45) is 1.31. The Labute approximate surface area is 181 Å². The molecule has 1 atom stereocenters. The van der Waals surface area contributed by atoms with Gasteiger partial charge in [-0.05, 0) is 55.5 Å². The molecule has 7 heteroatoms. The number of halogens is 4. The van der Waals surface area contributed by atoms with Crippen LogP contribution in [0.3, 0.4) is 0 Å². The van der Waals surface area contributed by atoms with Crippen LogP contribution in [0.4, 0.5) is 17.6 Å². The van der Waals surface area contributed by atoms with Crippen LogP contribution in [-0.2, 0) is 24.7 Å². The fourth-order valence-corrected chi connectivity index (χ4v) is 4.04. The lowest BCUT2D eigenvalue weighted by Crippen LogP contribution is -2.37. The molecule has 1 saturated heterocycles. The number of rotatable bonds is 5. The summed E-state index contributed by atoms with van der Waals surface area (Å²) in [5.41, 5.74) is -0.143. The predicted molar refractivity (Wildman–Crippen MR) is 112 cm³/mol. The Morgan fingerprint density at radius 2 is 1.81 bits per heavy atom. The average Bonchev–Trinajstić information content (AvgIpc) is 2.67. The van der Waals surface area contributed by atoms with Crippen molar-refractivity contribution < 1.29 is 22.3 Å². The zero-order valence-corrected chi connectivity index (χ0v) is 18.5. The van der Waals surface area contributed by atoms with Crippen LogP contribution in [0.25, 0.3) is 0 Å². The van der Waals surface area contributed by atoms with Crippen molar-refractivity contribution in [3.63, 3.8) is 0 Å². The van der Waals surface area contributed by atoms with Crippen molar-refractivity contribution in [2.24, 2.45) is 0 Å². The van der Waals surface area contributed by atoms with Crippen LogP contribution < -0.4 is 4.74 Å². The summed E-state index contributed by atoms with van der Waals surface area (Å²) in [7, 11) is 0. The number of hydrogen-bond donors (Lipinski definition) is 0. The first-order chi connectivity index (χ1) is 14.4. The SMILES string of the molecule is C[C@@H]1CCCCN1Cc1cc(C(F)(F)F)c(C(C)(C)C)cc1OCc1cncc(F)c1. The molecule has 3 rings (SSSR count). The van der Waals surface area contributed by atoms with Gasteiger partial charge in [0.15, 0.2) is 0 Å². The van der Waals surface area contributed by atoms with E-state index in [1.54, 1.807) is 20.8 Å². The Morgan fingerprint density at radius 3 is 2.42 bits per heavy atom. The predicted octanol–water partition coefficient (Wildman–Crippen LogP) is 6.49. The molecule has 31 heavy (non-hydrogen) atoms. The van der Waals surface area contributed by atoms with Crippen molar-refractivity contribution in [2.45, 2.75) is 77.7 Å². The van der Waals surface area contributed by atoms with Gasteiger partial charge in [0, 0.05) is 29.9 Å². The van der Waals surface area contributed by atoms with E-state index in [2.05, 4.69) is 16.8 Å². The summed E-state index contributed by atoms with van der Waals surface area (Å²) in [6.45, 7) is 8.62. The van der Waals surface area contributed by atoms with Crippen LogP contribution in [0.5, 0.6) is 5.75 Å². The van der Waals surface area contributed by atoms with E-state index in [-0.39, 0.29) is 12.2 Å². The van der Waals surface area contributed by atoms with E-state index < -0.39 is 23.0 Å². The van der Waals surface area contributed by atoms with E-state index in [4.69, 9.17) is 4.74 Å². The molecule has 3 nitrogen and oxygen atoms in total. The molecule has 2 aromatic rings. The molecule has 0 unspecified atom stereocenters. The maximum Gasteiger partial charge on any atom is 0.416 e. The molecular weight excluding hydrogens is 408 g/mol. The molecule has 1 aliphatic heterocycles. The number of alkyl halides is 3. The molecule has 0 saturated carbocycles. The molecule has 1 aromatic heterocycles. The van der Waals surface area contributed by atoms with Crippen molar-refractivity contribution in [3.05, 3.63) is 58.7 Å². The minimum atomic E-state index is -4.46. The van der Waals surface area contributed by atoms with Gasteiger partial charge in [-0.15, -0.1) is 0 Å². The summed E-state index contributed by atoms with van der Waals surface area (Å²) in [5.74, 6) is -0.0776. The Bertz CT molecular complexity index is 905. The number of piperidine rings is 1. The number of pyridine rings is 1. The fourth-order valence-electron chi connectivity index (χ4n) is 4.04. The van der Waals surface area contributed by atoms with Crippen LogP contribution >= 0.6 is 0 Å². The standard InChI is InChI=1S/C24H30F4N2O/c1-16-7-5-6-8-30(16)14-18-10-21(24(26,27)28)20(23(2,3)4)11-22(18)31-15-17-9-19(25)13-29-12-17/h9-13,16H,5-8,14-15H2,1-4H3/t16-/m1/s1. The van der Waals surface area contributed by atoms with Gasteiger partial charge in [-0.1, -0.05) is 27.2 Å². The van der Waals surface area contributed by atoms with Crippen LogP contribution in [0.15, 0.2) is 30.6 Å². The minimum absolute atomic E-state index is 0.0300. The van der Waals surface area contributed by atoms with Gasteiger partial charge in [-0.3, -0.25) is 9.88 Å². The lowest BCUT2D eigenvalue weighted by atomic mass is 9.82. The topological polar surface area (TPSA) is 25.4 Å². The molecule has 0 radical (unpaired) electrons. The van der Waals surface area contributed by atoms with E-state index >= 15 is 0 Å². The maximum atomic E-state index is 13.9. The Kier molecular flexibility index (Phi) is 6.94. The van der Waals surface area contributed by atoms with E-state index in [1.807, 2.05) is 0 Å². The molecule has 1 aromatic carbocycles. The summed E-state index contributed by atoms with van der Waals surface area (Å²) >= 11 is 0. The second-order valence-electron chi connectivity index (χ2n) is 9.37. The highest BCUT2D eigenvalue weighted by Crippen LogP contribution is 2.41. The lowest BCUT2D eigenvalue weighted by molar-refractivity contribution is -0.138. The van der Waals surface area contributed by atoms with E-state index in [0.29, 0.717) is 29.5 Å². The molecule has 0 amide bonds. The molecular formula is C24H30F4N2O. The molecule has 170 valence electrons. The van der Waals surface area contributed by atoms with Crippen LogP contribution in [0.2, 0.25) is 0 Å². The fraction of sp³-hybridized carbons (Fsp3) is 0.542. The molecule has 2 heterocycles. The number of aromatic nitrogens is 1. The monoisotopic (exact) mass is 438 g/mol. The lowest BCUT2D eigenvalue weighted by Gasteiger charge is -2.34. The molecule has 0 bridgehead atoms. The zero-order valence-electron chi connectivity index (χ0n) is 18.5. The first kappa shape index (κ1) is 23.5. The van der Waals surface area contributed by atoms with Gasteiger partial charge in [-0.2, -0.15) is 13.2 Å². The highest BCUT2D eigenvalue weighted by molar-refractivity contribution is 5.47. The average molecular weight is 439 g/mol. The minimum Gasteiger partial charge on any atom is -0.489 e. The van der Waals surface area contributed by atoms with Crippen molar-refractivity contribution in [1.82, 2.24) is 9.88 Å². The quantitative estimate of drug-likeness (QED) is 0.499. The molecule has 0 spiro atoms. The van der Waals surface area contributed by atoms with Crippen LogP contribution in [-0.4, -0.2) is 22.5 Å². The third-order valence-corrected chi connectivity index (χ3v) is 5.78. The molecule has 1 fully saturated rings. The van der Waals surface area contributed by atoms with E-state index in [0.717, 1.165) is 32.0 Å². The van der Waals surface area contributed by atoms with Crippen molar-refractivity contribution in [2.75, 3.05) is 6.54 Å². The second-order valence-corrected chi connectivity index (χ2v) is 9.37. The smallest absolute Gasteiger partial charge is 0.416 e. The Morgan fingerprint density at radius 1 is 1.06 bits per heavy atom. The highest BCUT2D eigenvalue weighted by Gasteiger charge is 2.38. The maximum absolute atomic E-state index is 13.9. The van der Waals surface area contributed by atoms with E-state index in [9.17, 15) is 17.6 Å². The van der Waals surface area contributed by atoms with Gasteiger partial charge >= 0.3 is 6.18 Å². The number of hydrogen-bond acceptors (Lipinski definition) is 3. The highest BCUT2D eigenvalue weighted by atomic mass is 19.4. The van der Waals surface area contributed by atoms with Crippen LogP contribution in [0.1, 0.15) is 69.2 Å². The second kappa shape index (κ2) is 9.15. The summed E-state index contributed by atoms with van der Waals surface area (Å²) in [6, 6.07) is 4.36.